The second-order valence-corrected chi connectivity index (χ2v) is 1.51. The fourth-order valence-electron chi connectivity index (χ4n) is 0.289. The molecule has 0 nitrogen and oxygen atoms in total. The van der Waals surface area contributed by atoms with Crippen LogP contribution in [0.3, 0.4) is 0 Å². The van der Waals surface area contributed by atoms with E-state index in [9.17, 15) is 0 Å². The normalized spacial score (nSPS) is 10.0. The summed E-state index contributed by atoms with van der Waals surface area (Å²) >= 11 is 0. The fraction of sp³-hybridized carbons (Fsp3) is 0.833. The van der Waals surface area contributed by atoms with Crippen LogP contribution < -0.4 is 0 Å². The van der Waals surface area contributed by atoms with Crippen LogP contribution >= 0.6 is 0 Å². The van der Waals surface area contributed by atoms with E-state index in [1.807, 2.05) is 13.8 Å². The van der Waals surface area contributed by atoms with Gasteiger partial charge in [-0.3, -0.25) is 0 Å². The van der Waals surface area contributed by atoms with Crippen molar-refractivity contribution in [2.75, 3.05) is 0 Å². The highest BCUT2D eigenvalue weighted by Gasteiger charge is 1.89. The quantitative estimate of drug-likeness (QED) is 0.479. The summed E-state index contributed by atoms with van der Waals surface area (Å²) in [5, 5.41) is 0. The van der Waals surface area contributed by atoms with Crippen LogP contribution in [0.4, 0.5) is 0 Å². The molecule has 0 heteroatoms. The zero-order valence-corrected chi connectivity index (χ0v) is 4.49. The van der Waals surface area contributed by atoms with Crippen molar-refractivity contribution in [1.29, 1.82) is 0 Å². The van der Waals surface area contributed by atoms with Gasteiger partial charge < -0.3 is 0 Å². The minimum Gasteiger partial charge on any atom is -0.0651 e. The van der Waals surface area contributed by atoms with Gasteiger partial charge in [0.2, 0.25) is 0 Å². The Bertz CT molecular complexity index is 19.2. The van der Waals surface area contributed by atoms with Crippen LogP contribution in [0.15, 0.2) is 0 Å². The zero-order valence-electron chi connectivity index (χ0n) is 4.49. The average molecular weight is 83.2 g/mol. The van der Waals surface area contributed by atoms with Crippen molar-refractivity contribution in [3.8, 4) is 0 Å². The molecule has 0 saturated heterocycles. The molecule has 0 aromatic carbocycles. The maximum atomic E-state index is 7.07. The molecule has 0 saturated carbocycles. The third kappa shape index (κ3) is 2.25. The number of hydrogen-bond acceptors (Lipinski definition) is 0. The molecule has 35 valence electrons. The van der Waals surface area contributed by atoms with Gasteiger partial charge in [0.1, 0.15) is 0 Å². The predicted octanol–water partition coefficient (Wildman–Crippen LogP) is 2.01. The lowest BCUT2D eigenvalue weighted by molar-refractivity contribution is 0.602. The summed E-state index contributed by atoms with van der Waals surface area (Å²) in [6.07, 6.45) is 1.99. The van der Waals surface area contributed by atoms with Crippen molar-refractivity contribution in [1.82, 2.24) is 0 Å². The molecule has 0 aromatic rings. The smallest absolute Gasteiger partial charge is 0.00570 e. The summed E-state index contributed by atoms with van der Waals surface area (Å²) in [6.45, 7) is 11.2. The first-order valence-electron chi connectivity index (χ1n) is 2.52. The van der Waals surface area contributed by atoms with Crippen molar-refractivity contribution in [2.24, 2.45) is 5.92 Å². The lowest BCUT2D eigenvalue weighted by Crippen LogP contribution is -1.85. The Morgan fingerprint density at radius 2 is 1.67 bits per heavy atom. The summed E-state index contributed by atoms with van der Waals surface area (Å²) in [4.78, 5) is 0. The number of hydrogen-bond donors (Lipinski definition) is 0. The van der Waals surface area contributed by atoms with Crippen molar-refractivity contribution >= 4 is 0 Å². The van der Waals surface area contributed by atoms with Gasteiger partial charge in [-0.25, -0.2) is 0 Å². The highest BCUT2D eigenvalue weighted by molar-refractivity contribution is 4.53. The lowest BCUT2D eigenvalue weighted by atomic mass is 10.1. The second-order valence-electron chi connectivity index (χ2n) is 1.51. The molecule has 0 atom stereocenters. The average Bonchev–Trinajstić information content (AvgIpc) is 1.65. The Kier molecular flexibility index (Phi) is 3.20. The highest BCUT2D eigenvalue weighted by Crippen LogP contribution is 2.02. The third-order valence-corrected chi connectivity index (χ3v) is 0.986. The molecular formula is C6H11. The lowest BCUT2D eigenvalue weighted by Gasteiger charge is -1.97. The van der Waals surface area contributed by atoms with Crippen molar-refractivity contribution in [3.05, 3.63) is 6.92 Å². The first-order valence-corrected chi connectivity index (χ1v) is 2.52. The van der Waals surface area contributed by atoms with Gasteiger partial charge in [0.25, 0.3) is 0 Å². The first-order chi connectivity index (χ1) is 2.81. The van der Waals surface area contributed by atoms with Crippen LogP contribution in [0.5, 0.6) is 0 Å². The predicted molar refractivity (Wildman–Crippen MR) is 27.3 cm³/mol. The van der Waals surface area contributed by atoms with E-state index in [1.165, 1.54) is 0 Å². The molecule has 0 aliphatic rings. The molecule has 6 heavy (non-hydrogen) atoms. The molecule has 0 bridgehead atoms. The summed E-state index contributed by atoms with van der Waals surface area (Å²) in [5.74, 6) is 0.185. The Morgan fingerprint density at radius 3 is 1.67 bits per heavy atom. The molecule has 0 aromatic heterocycles. The molecule has 0 rings (SSSR count). The van der Waals surface area contributed by atoms with Crippen LogP contribution in [0.2, 0.25) is 0 Å². The van der Waals surface area contributed by atoms with E-state index in [4.69, 9.17) is 6.92 Å². The standard InChI is InChI=1S/C6H11/c1-4-6(3)5-2/h6H,4-5H2,1-2H3. The van der Waals surface area contributed by atoms with E-state index in [0.29, 0.717) is 0 Å². The van der Waals surface area contributed by atoms with E-state index in [0.717, 1.165) is 12.8 Å². The van der Waals surface area contributed by atoms with Crippen LogP contribution in [0.1, 0.15) is 26.7 Å². The molecule has 0 fully saturated rings. The minimum absolute atomic E-state index is 0.185. The molecule has 3 radical (unpaired) electrons. The van der Waals surface area contributed by atoms with Gasteiger partial charge in [0.05, 0.1) is 0 Å². The Hall–Kier alpha value is 0. The van der Waals surface area contributed by atoms with Gasteiger partial charge in [-0.05, 0) is 12.8 Å². The Balaban J connectivity index is 2.75. The third-order valence-electron chi connectivity index (χ3n) is 0.986. The summed E-state index contributed by atoms with van der Waals surface area (Å²) in [7, 11) is 0. The van der Waals surface area contributed by atoms with Crippen LogP contribution in [0.25, 0.3) is 0 Å². The van der Waals surface area contributed by atoms with Crippen molar-refractivity contribution in [2.45, 2.75) is 26.7 Å². The Morgan fingerprint density at radius 1 is 1.33 bits per heavy atom. The SMILES string of the molecule is [C]C(CC)CC. The minimum atomic E-state index is 0.185. The summed E-state index contributed by atoms with van der Waals surface area (Å²) in [5.41, 5.74) is 0. The molecule has 0 aliphatic carbocycles. The molecule has 0 heterocycles. The van der Waals surface area contributed by atoms with E-state index in [-0.39, 0.29) is 5.92 Å². The molecule has 0 aliphatic heterocycles. The Labute approximate surface area is 40.6 Å². The monoisotopic (exact) mass is 83.1 g/mol. The molecule has 0 unspecified atom stereocenters. The van der Waals surface area contributed by atoms with E-state index in [1.54, 1.807) is 0 Å². The van der Waals surface area contributed by atoms with Gasteiger partial charge in [0, 0.05) is 0 Å². The number of rotatable bonds is 2. The largest absolute Gasteiger partial charge is 0.0651 e. The van der Waals surface area contributed by atoms with E-state index >= 15 is 0 Å². The fourth-order valence-corrected chi connectivity index (χ4v) is 0.289. The highest BCUT2D eigenvalue weighted by atomic mass is 13.9. The zero-order chi connectivity index (χ0) is 4.99. The molecule has 0 spiro atoms. The van der Waals surface area contributed by atoms with E-state index < -0.39 is 0 Å². The van der Waals surface area contributed by atoms with Crippen LogP contribution in [-0.2, 0) is 0 Å². The summed E-state index contributed by atoms with van der Waals surface area (Å²) < 4.78 is 0. The van der Waals surface area contributed by atoms with Crippen LogP contribution in [-0.4, -0.2) is 0 Å². The van der Waals surface area contributed by atoms with Gasteiger partial charge in [-0.2, -0.15) is 0 Å². The first kappa shape index (κ1) is 6.00. The van der Waals surface area contributed by atoms with Gasteiger partial charge in [-0.15, -0.1) is 0 Å². The molecule has 0 N–H and O–H groups in total. The van der Waals surface area contributed by atoms with Crippen molar-refractivity contribution in [3.63, 3.8) is 0 Å². The van der Waals surface area contributed by atoms with Gasteiger partial charge in [-0.1, -0.05) is 26.7 Å². The molecule has 0 amide bonds. The van der Waals surface area contributed by atoms with Gasteiger partial charge in [0.15, 0.2) is 0 Å². The van der Waals surface area contributed by atoms with E-state index in [2.05, 4.69) is 0 Å². The maximum Gasteiger partial charge on any atom is -0.00570 e. The topological polar surface area (TPSA) is 0 Å². The maximum absolute atomic E-state index is 7.07. The van der Waals surface area contributed by atoms with Gasteiger partial charge >= 0.3 is 0 Å². The van der Waals surface area contributed by atoms with Crippen molar-refractivity contribution < 1.29 is 0 Å². The second kappa shape index (κ2) is 3.20. The summed E-state index contributed by atoms with van der Waals surface area (Å²) in [6, 6.07) is 0. The molecular weight excluding hydrogens is 72.1 g/mol. The van der Waals surface area contributed by atoms with Crippen LogP contribution in [0, 0.1) is 12.8 Å².